The van der Waals surface area contributed by atoms with Crippen molar-refractivity contribution < 1.29 is 19.5 Å². The van der Waals surface area contributed by atoms with E-state index in [0.717, 1.165) is 5.56 Å². The Morgan fingerprint density at radius 1 is 1.09 bits per heavy atom. The molecule has 3 atom stereocenters. The third-order valence-electron chi connectivity index (χ3n) is 3.61. The van der Waals surface area contributed by atoms with Crippen LogP contribution < -0.4 is 0 Å². The van der Waals surface area contributed by atoms with E-state index in [-0.39, 0.29) is 12.3 Å². The molecule has 0 saturated carbocycles. The molecule has 3 rings (SSSR count). The number of halogens is 1. The fraction of sp³-hybridized carbons (Fsp3) is 0.250. The lowest BCUT2D eigenvalue weighted by Gasteiger charge is -2.34. The molecule has 0 bridgehead atoms. The summed E-state index contributed by atoms with van der Waals surface area (Å²) in [5, 5.41) is 21.4. The Bertz CT molecular complexity index is 689. The molecule has 1 saturated heterocycles. The van der Waals surface area contributed by atoms with Crippen molar-refractivity contribution in [3.63, 3.8) is 0 Å². The number of nitro groups is 1. The van der Waals surface area contributed by atoms with Gasteiger partial charge >= 0.3 is 0 Å². The molecule has 23 heavy (non-hydrogen) atoms. The van der Waals surface area contributed by atoms with Crippen molar-refractivity contribution in [1.82, 2.24) is 0 Å². The van der Waals surface area contributed by atoms with Gasteiger partial charge in [-0.15, -0.1) is 0 Å². The number of nitro benzene ring substituents is 1. The number of hydrogen-bond donors (Lipinski definition) is 1. The molecule has 1 fully saturated rings. The smallest absolute Gasteiger partial charge is 0.269 e. The third-order valence-corrected chi connectivity index (χ3v) is 3.86. The van der Waals surface area contributed by atoms with Gasteiger partial charge in [0.25, 0.3) is 5.69 Å². The predicted octanol–water partition coefficient (Wildman–Crippen LogP) is 3.40. The molecule has 0 spiro atoms. The van der Waals surface area contributed by atoms with Gasteiger partial charge in [-0.1, -0.05) is 23.7 Å². The van der Waals surface area contributed by atoms with Crippen LogP contribution in [0.3, 0.4) is 0 Å². The Morgan fingerprint density at radius 3 is 2.30 bits per heavy atom. The second kappa shape index (κ2) is 6.64. The van der Waals surface area contributed by atoms with Crippen molar-refractivity contribution in [2.45, 2.75) is 18.5 Å². The lowest BCUT2D eigenvalue weighted by Crippen LogP contribution is -2.34. The third kappa shape index (κ3) is 3.51. The van der Waals surface area contributed by atoms with E-state index in [2.05, 4.69) is 0 Å². The lowest BCUT2D eigenvalue weighted by molar-refractivity contribution is -0.384. The number of aliphatic hydroxyl groups excluding tert-OH is 1. The Kier molecular flexibility index (Phi) is 4.58. The highest BCUT2D eigenvalue weighted by Crippen LogP contribution is 2.35. The first kappa shape index (κ1) is 15.9. The van der Waals surface area contributed by atoms with Crippen LogP contribution in [0.1, 0.15) is 23.5 Å². The average Bonchev–Trinajstić information content (AvgIpc) is 2.56. The highest BCUT2D eigenvalue weighted by molar-refractivity contribution is 6.30. The molecule has 2 aromatic rings. The molecule has 0 radical (unpaired) electrons. The Balaban J connectivity index is 1.80. The summed E-state index contributed by atoms with van der Waals surface area (Å²) >= 11 is 5.86. The Morgan fingerprint density at radius 2 is 1.70 bits per heavy atom. The lowest BCUT2D eigenvalue weighted by atomic mass is 10.0. The molecule has 2 aromatic carbocycles. The van der Waals surface area contributed by atoms with Crippen LogP contribution in [0.15, 0.2) is 48.5 Å². The van der Waals surface area contributed by atoms with Gasteiger partial charge in [0.05, 0.1) is 11.5 Å². The van der Waals surface area contributed by atoms with E-state index < -0.39 is 23.4 Å². The van der Waals surface area contributed by atoms with E-state index in [1.165, 1.54) is 12.1 Å². The number of hydrogen-bond acceptors (Lipinski definition) is 5. The summed E-state index contributed by atoms with van der Waals surface area (Å²) in [6, 6.07) is 13.0. The molecule has 1 heterocycles. The first-order chi connectivity index (χ1) is 11.0. The Labute approximate surface area is 137 Å². The SMILES string of the molecule is O=[N+]([O-])c1ccc([C@@H]2O[C@H](c3ccc(Cl)cc3)OC[C@H]2O)cc1. The minimum Gasteiger partial charge on any atom is -0.388 e. The largest absolute Gasteiger partial charge is 0.388 e. The van der Waals surface area contributed by atoms with Gasteiger partial charge in [0.15, 0.2) is 6.29 Å². The number of benzene rings is 2. The van der Waals surface area contributed by atoms with Crippen LogP contribution in [-0.4, -0.2) is 22.7 Å². The van der Waals surface area contributed by atoms with Crippen molar-refractivity contribution >= 4 is 17.3 Å². The van der Waals surface area contributed by atoms with E-state index >= 15 is 0 Å². The highest BCUT2D eigenvalue weighted by atomic mass is 35.5. The Hall–Kier alpha value is -1.99. The second-order valence-corrected chi connectivity index (χ2v) is 5.63. The van der Waals surface area contributed by atoms with Gasteiger partial charge in [0, 0.05) is 22.7 Å². The number of nitrogens with zero attached hydrogens (tertiary/aromatic N) is 1. The molecule has 7 heteroatoms. The molecular weight excluding hydrogens is 322 g/mol. The fourth-order valence-electron chi connectivity index (χ4n) is 2.42. The summed E-state index contributed by atoms with van der Waals surface area (Å²) in [5.41, 5.74) is 1.43. The maximum Gasteiger partial charge on any atom is 0.269 e. The summed E-state index contributed by atoms with van der Waals surface area (Å²) in [6.07, 6.45) is -2.10. The topological polar surface area (TPSA) is 81.8 Å². The standard InChI is InChI=1S/C16H14ClNO5/c17-12-5-1-11(2-6-12)16-22-9-14(19)15(23-16)10-3-7-13(8-4-10)18(20)21/h1-8,14-16,19H,9H2/t14-,15+,16-/m1/s1. The average molecular weight is 336 g/mol. The van der Waals surface area contributed by atoms with E-state index in [4.69, 9.17) is 21.1 Å². The van der Waals surface area contributed by atoms with Crippen LogP contribution in [0.4, 0.5) is 5.69 Å². The van der Waals surface area contributed by atoms with Crippen LogP contribution in [0.2, 0.25) is 5.02 Å². The fourth-order valence-corrected chi connectivity index (χ4v) is 2.54. The maximum absolute atomic E-state index is 10.7. The van der Waals surface area contributed by atoms with E-state index in [0.29, 0.717) is 10.6 Å². The molecule has 0 amide bonds. The summed E-state index contributed by atoms with van der Waals surface area (Å²) in [6.45, 7) is 0.106. The summed E-state index contributed by atoms with van der Waals surface area (Å²) < 4.78 is 11.3. The first-order valence-corrected chi connectivity index (χ1v) is 7.37. The van der Waals surface area contributed by atoms with Crippen molar-refractivity contribution in [3.05, 3.63) is 74.8 Å². The molecule has 1 aliphatic heterocycles. The van der Waals surface area contributed by atoms with Crippen LogP contribution in [-0.2, 0) is 9.47 Å². The van der Waals surface area contributed by atoms with Gasteiger partial charge in [-0.25, -0.2) is 0 Å². The van der Waals surface area contributed by atoms with Crippen LogP contribution in [0.5, 0.6) is 0 Å². The van der Waals surface area contributed by atoms with Gasteiger partial charge in [0.2, 0.25) is 0 Å². The van der Waals surface area contributed by atoms with E-state index in [1.54, 1.807) is 36.4 Å². The molecule has 0 aliphatic carbocycles. The van der Waals surface area contributed by atoms with E-state index in [9.17, 15) is 15.2 Å². The summed E-state index contributed by atoms with van der Waals surface area (Å²) in [5.74, 6) is 0. The van der Waals surface area contributed by atoms with Crippen molar-refractivity contribution in [2.75, 3.05) is 6.61 Å². The zero-order valence-electron chi connectivity index (χ0n) is 12.0. The maximum atomic E-state index is 10.7. The molecule has 0 unspecified atom stereocenters. The van der Waals surface area contributed by atoms with Crippen LogP contribution in [0.25, 0.3) is 0 Å². The predicted molar refractivity (Wildman–Crippen MR) is 83.1 cm³/mol. The van der Waals surface area contributed by atoms with Gasteiger partial charge in [-0.2, -0.15) is 0 Å². The van der Waals surface area contributed by atoms with Gasteiger partial charge in [-0.3, -0.25) is 10.1 Å². The monoisotopic (exact) mass is 335 g/mol. The highest BCUT2D eigenvalue weighted by Gasteiger charge is 2.32. The number of rotatable bonds is 3. The zero-order valence-corrected chi connectivity index (χ0v) is 12.7. The van der Waals surface area contributed by atoms with Crippen LogP contribution >= 0.6 is 11.6 Å². The quantitative estimate of drug-likeness (QED) is 0.686. The molecule has 1 N–H and O–H groups in total. The van der Waals surface area contributed by atoms with Crippen molar-refractivity contribution in [1.29, 1.82) is 0 Å². The zero-order chi connectivity index (χ0) is 16.4. The summed E-state index contributed by atoms with van der Waals surface area (Å²) in [4.78, 5) is 10.2. The second-order valence-electron chi connectivity index (χ2n) is 5.19. The van der Waals surface area contributed by atoms with Crippen LogP contribution in [0, 0.1) is 10.1 Å². The molecule has 1 aliphatic rings. The minimum absolute atomic E-state index is 0.00968. The summed E-state index contributed by atoms with van der Waals surface area (Å²) in [7, 11) is 0. The normalized spacial score (nSPS) is 24.3. The number of ether oxygens (including phenoxy) is 2. The molecule has 0 aromatic heterocycles. The number of aliphatic hydroxyl groups is 1. The van der Waals surface area contributed by atoms with Gasteiger partial charge < -0.3 is 14.6 Å². The molecular formula is C16H14ClNO5. The minimum atomic E-state index is -0.847. The molecule has 6 nitrogen and oxygen atoms in total. The van der Waals surface area contributed by atoms with Gasteiger partial charge in [-0.05, 0) is 29.8 Å². The number of non-ortho nitro benzene ring substituents is 1. The van der Waals surface area contributed by atoms with Crippen molar-refractivity contribution in [2.24, 2.45) is 0 Å². The van der Waals surface area contributed by atoms with Crippen molar-refractivity contribution in [3.8, 4) is 0 Å². The molecule has 120 valence electrons. The van der Waals surface area contributed by atoms with E-state index in [1.807, 2.05) is 0 Å². The first-order valence-electron chi connectivity index (χ1n) is 6.99. The van der Waals surface area contributed by atoms with Gasteiger partial charge in [0.1, 0.15) is 12.2 Å².